The van der Waals surface area contributed by atoms with E-state index in [0.717, 1.165) is 11.1 Å². The molecule has 128 valence electrons. The lowest BCUT2D eigenvalue weighted by Crippen LogP contribution is -2.60. The zero-order chi connectivity index (χ0) is 17.6. The Morgan fingerprint density at radius 3 is 2.16 bits per heavy atom. The number of carboxylic acid groups (broad SMARTS) is 1. The molecule has 1 aliphatic carbocycles. The highest BCUT2D eigenvalue weighted by Crippen LogP contribution is 2.44. The van der Waals surface area contributed by atoms with Gasteiger partial charge in [-0.25, -0.2) is 9.59 Å². The monoisotopic (exact) mass is 337 g/mol. The lowest BCUT2D eigenvalue weighted by atomic mass is 9.95. The first kappa shape index (κ1) is 15.7. The van der Waals surface area contributed by atoms with Gasteiger partial charge in [0.2, 0.25) is 0 Å². The van der Waals surface area contributed by atoms with Crippen molar-refractivity contribution >= 4 is 12.1 Å². The number of amides is 1. The summed E-state index contributed by atoms with van der Waals surface area (Å²) >= 11 is 0. The molecule has 0 bridgehead atoms. The highest BCUT2D eigenvalue weighted by Gasteiger charge is 2.44. The molecule has 1 saturated heterocycles. The van der Waals surface area contributed by atoms with Crippen molar-refractivity contribution in [2.75, 3.05) is 6.61 Å². The number of nitrogens with zero attached hydrogens (tertiary/aromatic N) is 1. The van der Waals surface area contributed by atoms with Crippen molar-refractivity contribution < 1.29 is 19.4 Å². The summed E-state index contributed by atoms with van der Waals surface area (Å²) in [4.78, 5) is 24.9. The summed E-state index contributed by atoms with van der Waals surface area (Å²) < 4.78 is 5.52. The van der Waals surface area contributed by atoms with Crippen molar-refractivity contribution in [1.82, 2.24) is 4.90 Å². The number of fused-ring (bicyclic) bond motifs is 3. The highest BCUT2D eigenvalue weighted by molar-refractivity contribution is 5.83. The van der Waals surface area contributed by atoms with Crippen molar-refractivity contribution in [3.63, 3.8) is 0 Å². The molecule has 0 radical (unpaired) electrons. The van der Waals surface area contributed by atoms with E-state index in [0.29, 0.717) is 6.42 Å². The van der Waals surface area contributed by atoms with Crippen LogP contribution in [0.15, 0.2) is 48.5 Å². The molecule has 2 aromatic carbocycles. The summed E-state index contributed by atoms with van der Waals surface area (Å²) in [6.45, 7) is 2.04. The fourth-order valence-corrected chi connectivity index (χ4v) is 3.91. The number of carboxylic acids is 1. The Bertz CT molecular complexity index is 802. The van der Waals surface area contributed by atoms with E-state index in [-0.39, 0.29) is 18.6 Å². The number of likely N-dealkylation sites (tertiary alicyclic amines) is 1. The lowest BCUT2D eigenvalue weighted by Gasteiger charge is -2.43. The smallest absolute Gasteiger partial charge is 0.410 e. The molecule has 0 unspecified atom stereocenters. The van der Waals surface area contributed by atoms with E-state index in [1.807, 2.05) is 31.2 Å². The molecule has 5 heteroatoms. The largest absolute Gasteiger partial charge is 0.480 e. The third-order valence-electron chi connectivity index (χ3n) is 5.21. The van der Waals surface area contributed by atoms with Gasteiger partial charge in [0.25, 0.3) is 0 Å². The van der Waals surface area contributed by atoms with Gasteiger partial charge in [-0.15, -0.1) is 0 Å². The molecular weight excluding hydrogens is 318 g/mol. The van der Waals surface area contributed by atoms with Crippen LogP contribution in [0.5, 0.6) is 0 Å². The Morgan fingerprint density at radius 1 is 1.08 bits per heavy atom. The average molecular weight is 337 g/mol. The van der Waals surface area contributed by atoms with Gasteiger partial charge in [0.15, 0.2) is 0 Å². The van der Waals surface area contributed by atoms with Gasteiger partial charge in [0.1, 0.15) is 12.6 Å². The molecule has 1 amide bonds. The molecule has 5 nitrogen and oxygen atoms in total. The Balaban J connectivity index is 1.54. The van der Waals surface area contributed by atoms with E-state index in [1.165, 1.54) is 16.0 Å². The normalized spacial score (nSPS) is 21.2. The summed E-state index contributed by atoms with van der Waals surface area (Å²) in [6.07, 6.45) is -0.0764. The second kappa shape index (κ2) is 5.92. The van der Waals surface area contributed by atoms with Crippen LogP contribution in [-0.4, -0.2) is 40.8 Å². The van der Waals surface area contributed by atoms with Crippen LogP contribution in [0.2, 0.25) is 0 Å². The van der Waals surface area contributed by atoms with Crippen LogP contribution < -0.4 is 0 Å². The summed E-state index contributed by atoms with van der Waals surface area (Å²) in [7, 11) is 0. The number of hydrogen-bond acceptors (Lipinski definition) is 3. The maximum atomic E-state index is 12.4. The van der Waals surface area contributed by atoms with Gasteiger partial charge < -0.3 is 9.84 Å². The fraction of sp³-hybridized carbons (Fsp3) is 0.300. The minimum absolute atomic E-state index is 0.0174. The van der Waals surface area contributed by atoms with Gasteiger partial charge in [0, 0.05) is 12.0 Å². The fourth-order valence-electron chi connectivity index (χ4n) is 3.91. The van der Waals surface area contributed by atoms with Gasteiger partial charge in [-0.2, -0.15) is 0 Å². The molecule has 0 saturated carbocycles. The average Bonchev–Trinajstić information content (AvgIpc) is 2.91. The quantitative estimate of drug-likeness (QED) is 0.931. The number of ether oxygens (including phenoxy) is 1. The molecular formula is C20H19NO4. The summed E-state index contributed by atoms with van der Waals surface area (Å²) in [5.74, 6) is -0.997. The SMILES string of the molecule is C[C@H]1C[C@@H](C(=O)O)N1C(=O)OCC1c2ccccc2-c2ccccc21. The van der Waals surface area contributed by atoms with E-state index < -0.39 is 18.1 Å². The maximum Gasteiger partial charge on any atom is 0.410 e. The second-order valence-corrected chi connectivity index (χ2v) is 6.65. The molecule has 0 spiro atoms. The highest BCUT2D eigenvalue weighted by atomic mass is 16.6. The first-order valence-electron chi connectivity index (χ1n) is 8.44. The third kappa shape index (κ3) is 2.47. The van der Waals surface area contributed by atoms with Gasteiger partial charge in [-0.1, -0.05) is 48.5 Å². The molecule has 25 heavy (non-hydrogen) atoms. The molecule has 1 fully saturated rings. The predicted molar refractivity (Wildman–Crippen MR) is 92.4 cm³/mol. The van der Waals surface area contributed by atoms with Gasteiger partial charge in [-0.05, 0) is 35.6 Å². The third-order valence-corrected chi connectivity index (χ3v) is 5.21. The van der Waals surface area contributed by atoms with Crippen molar-refractivity contribution in [3.05, 3.63) is 59.7 Å². The van der Waals surface area contributed by atoms with Gasteiger partial charge in [0.05, 0.1) is 0 Å². The molecule has 0 aromatic heterocycles. The number of aliphatic carboxylic acids is 1. The molecule has 1 N–H and O–H groups in total. The molecule has 4 rings (SSSR count). The molecule has 2 aliphatic rings. The number of rotatable bonds is 3. The van der Waals surface area contributed by atoms with Crippen LogP contribution in [0.4, 0.5) is 4.79 Å². The van der Waals surface area contributed by atoms with Crippen LogP contribution in [0.25, 0.3) is 11.1 Å². The second-order valence-electron chi connectivity index (χ2n) is 6.65. The van der Waals surface area contributed by atoms with Crippen molar-refractivity contribution in [1.29, 1.82) is 0 Å². The van der Waals surface area contributed by atoms with Crippen molar-refractivity contribution in [2.24, 2.45) is 0 Å². The van der Waals surface area contributed by atoms with E-state index >= 15 is 0 Å². The van der Waals surface area contributed by atoms with Crippen LogP contribution >= 0.6 is 0 Å². The topological polar surface area (TPSA) is 66.8 Å². The zero-order valence-corrected chi connectivity index (χ0v) is 13.9. The van der Waals surface area contributed by atoms with E-state index in [4.69, 9.17) is 9.84 Å². The number of hydrogen-bond donors (Lipinski definition) is 1. The van der Waals surface area contributed by atoms with Crippen molar-refractivity contribution in [2.45, 2.75) is 31.3 Å². The zero-order valence-electron chi connectivity index (χ0n) is 13.9. The number of carbonyl (C=O) groups is 2. The molecule has 1 aliphatic heterocycles. The Morgan fingerprint density at radius 2 is 1.64 bits per heavy atom. The van der Waals surface area contributed by atoms with Crippen LogP contribution in [-0.2, 0) is 9.53 Å². The minimum atomic E-state index is -0.980. The lowest BCUT2D eigenvalue weighted by molar-refractivity contribution is -0.149. The molecule has 2 aromatic rings. The van der Waals surface area contributed by atoms with E-state index in [9.17, 15) is 9.59 Å². The van der Waals surface area contributed by atoms with Crippen LogP contribution in [0.1, 0.15) is 30.4 Å². The van der Waals surface area contributed by atoms with Crippen LogP contribution in [0.3, 0.4) is 0 Å². The summed E-state index contributed by atoms with van der Waals surface area (Å²) in [5, 5.41) is 9.16. The maximum absolute atomic E-state index is 12.4. The summed E-state index contributed by atoms with van der Waals surface area (Å²) in [6, 6.07) is 15.4. The first-order valence-corrected chi connectivity index (χ1v) is 8.44. The van der Waals surface area contributed by atoms with E-state index in [1.54, 1.807) is 0 Å². The number of carbonyl (C=O) groups excluding carboxylic acids is 1. The standard InChI is InChI=1S/C20H19NO4/c1-12-10-18(19(22)23)21(12)20(24)25-11-17-15-8-4-2-6-13(15)14-7-3-5-9-16(14)17/h2-9,12,17-18H,10-11H2,1H3,(H,22,23)/t12-,18-/m0/s1. The van der Waals surface area contributed by atoms with E-state index in [2.05, 4.69) is 24.3 Å². The van der Waals surface area contributed by atoms with Gasteiger partial charge >= 0.3 is 12.1 Å². The molecule has 2 atom stereocenters. The van der Waals surface area contributed by atoms with Crippen molar-refractivity contribution in [3.8, 4) is 11.1 Å². The molecule has 1 heterocycles. The summed E-state index contributed by atoms with van der Waals surface area (Å²) in [5.41, 5.74) is 4.62. The Labute approximate surface area is 145 Å². The first-order chi connectivity index (χ1) is 12.1. The Kier molecular flexibility index (Phi) is 3.71. The minimum Gasteiger partial charge on any atom is -0.480 e. The van der Waals surface area contributed by atoms with Crippen LogP contribution in [0, 0.1) is 0 Å². The predicted octanol–water partition coefficient (Wildman–Crippen LogP) is 3.48. The number of benzene rings is 2. The van der Waals surface area contributed by atoms with Gasteiger partial charge in [-0.3, -0.25) is 4.90 Å². The Hall–Kier alpha value is -2.82.